The quantitative estimate of drug-likeness (QED) is 0.875. The molecule has 120 valence electrons. The van der Waals surface area contributed by atoms with E-state index in [1.807, 2.05) is 13.0 Å². The van der Waals surface area contributed by atoms with Gasteiger partial charge >= 0.3 is 6.18 Å². The number of hydrogen-bond acceptors (Lipinski definition) is 5. The van der Waals surface area contributed by atoms with Crippen LogP contribution in [0, 0.1) is 0 Å². The number of nitrogens with zero attached hydrogens (tertiary/aromatic N) is 5. The molecule has 0 aromatic carbocycles. The maximum atomic E-state index is 12.6. The summed E-state index contributed by atoms with van der Waals surface area (Å²) in [6.45, 7) is 5.53. The predicted molar refractivity (Wildman–Crippen MR) is 79.4 cm³/mol. The van der Waals surface area contributed by atoms with Crippen molar-refractivity contribution < 1.29 is 13.2 Å². The van der Waals surface area contributed by atoms with Gasteiger partial charge in [-0.3, -0.25) is 0 Å². The Hall–Kier alpha value is -2.97. The van der Waals surface area contributed by atoms with E-state index in [4.69, 9.17) is 5.73 Å². The van der Waals surface area contributed by atoms with Crippen LogP contribution in [0.3, 0.4) is 0 Å². The molecule has 2 aromatic heterocycles. The summed E-state index contributed by atoms with van der Waals surface area (Å²) in [5, 5.41) is 11.1. The molecule has 0 atom stereocenters. The zero-order valence-corrected chi connectivity index (χ0v) is 12.1. The van der Waals surface area contributed by atoms with Crippen molar-refractivity contribution in [2.45, 2.75) is 13.1 Å². The molecule has 6 nitrogen and oxygen atoms in total. The Morgan fingerprint density at radius 1 is 1.30 bits per heavy atom. The zero-order valence-electron chi connectivity index (χ0n) is 12.1. The lowest BCUT2D eigenvalue weighted by Crippen LogP contribution is -2.09. The van der Waals surface area contributed by atoms with E-state index in [0.29, 0.717) is 11.3 Å². The second kappa shape index (κ2) is 6.42. The van der Waals surface area contributed by atoms with Crippen molar-refractivity contribution in [1.82, 2.24) is 25.0 Å². The Morgan fingerprint density at radius 2 is 2.04 bits per heavy atom. The van der Waals surface area contributed by atoms with Crippen molar-refractivity contribution in [2.75, 3.05) is 5.73 Å². The minimum absolute atomic E-state index is 0.0312. The van der Waals surface area contributed by atoms with Crippen molar-refractivity contribution in [3.05, 3.63) is 54.5 Å². The molecule has 0 aliphatic carbocycles. The number of aromatic nitrogens is 5. The van der Waals surface area contributed by atoms with E-state index in [0.717, 1.165) is 4.68 Å². The van der Waals surface area contributed by atoms with Crippen LogP contribution in [0.15, 0.2) is 43.0 Å². The molecular weight excluding hydrogens is 309 g/mol. The Morgan fingerprint density at radius 3 is 2.52 bits per heavy atom. The first-order valence-electron chi connectivity index (χ1n) is 6.46. The smallest absolute Gasteiger partial charge is 0.368 e. The number of hydrogen-bond donors (Lipinski definition) is 1. The monoisotopic (exact) mass is 322 g/mol. The average molecular weight is 322 g/mol. The summed E-state index contributed by atoms with van der Waals surface area (Å²) >= 11 is 0. The first-order chi connectivity index (χ1) is 10.9. The van der Waals surface area contributed by atoms with Crippen LogP contribution in [0.2, 0.25) is 0 Å². The second-order valence-electron chi connectivity index (χ2n) is 4.33. The summed E-state index contributed by atoms with van der Waals surface area (Å²) in [6, 6.07) is 3.02. The number of alkyl halides is 3. The van der Waals surface area contributed by atoms with Gasteiger partial charge in [0.25, 0.3) is 5.82 Å². The van der Waals surface area contributed by atoms with Crippen molar-refractivity contribution in [3.8, 4) is 5.82 Å². The van der Waals surface area contributed by atoms with Gasteiger partial charge in [-0.25, -0.2) is 0 Å². The SMILES string of the molecule is C=C/C(=C\C=C/C)c1ccc(-n2nc(C(F)(F)F)nc2N)nn1. The first kappa shape index (κ1) is 16.4. The molecule has 0 unspecified atom stereocenters. The molecule has 23 heavy (non-hydrogen) atoms. The fourth-order valence-corrected chi connectivity index (χ4v) is 1.66. The summed E-state index contributed by atoms with van der Waals surface area (Å²) < 4.78 is 38.5. The molecule has 0 saturated carbocycles. The third-order valence-electron chi connectivity index (χ3n) is 2.74. The molecular formula is C14H13F3N6. The molecule has 9 heteroatoms. The summed E-state index contributed by atoms with van der Waals surface area (Å²) in [6.07, 6.45) is 2.33. The number of anilines is 1. The highest BCUT2D eigenvalue weighted by Crippen LogP contribution is 2.27. The van der Waals surface area contributed by atoms with E-state index in [1.54, 1.807) is 24.3 Å². The lowest BCUT2D eigenvalue weighted by Gasteiger charge is -2.03. The average Bonchev–Trinajstić information content (AvgIpc) is 2.91. The molecule has 2 N–H and O–H groups in total. The standard InChI is InChI=1S/C14H13F3N6/c1-3-5-6-9(4-2)10-7-8-11(21-20-10)23-13(18)19-12(22-23)14(15,16)17/h3-8H,2H2,1H3,(H2,18,19,22)/b5-3-,9-6+. The van der Waals surface area contributed by atoms with Crippen molar-refractivity contribution >= 4 is 11.5 Å². The van der Waals surface area contributed by atoms with Gasteiger partial charge in [-0.05, 0) is 19.1 Å². The van der Waals surface area contributed by atoms with E-state index in [-0.39, 0.29) is 5.82 Å². The molecule has 2 heterocycles. The molecule has 0 aliphatic heterocycles. The third-order valence-corrected chi connectivity index (χ3v) is 2.74. The molecule has 0 amide bonds. The number of nitrogen functional groups attached to an aromatic ring is 1. The molecule has 0 bridgehead atoms. The van der Waals surface area contributed by atoms with Crippen molar-refractivity contribution in [1.29, 1.82) is 0 Å². The molecule has 2 rings (SSSR count). The predicted octanol–water partition coefficient (Wildman–Crippen LogP) is 2.80. The van der Waals surface area contributed by atoms with Crippen LogP contribution in [0.1, 0.15) is 18.4 Å². The van der Waals surface area contributed by atoms with Crippen LogP contribution in [0.4, 0.5) is 19.1 Å². The highest BCUT2D eigenvalue weighted by Gasteiger charge is 2.37. The minimum Gasteiger partial charge on any atom is -0.368 e. The van der Waals surface area contributed by atoms with E-state index in [1.165, 1.54) is 6.07 Å². The number of allylic oxidation sites excluding steroid dienone is 5. The highest BCUT2D eigenvalue weighted by molar-refractivity contribution is 5.72. The van der Waals surface area contributed by atoms with Gasteiger partial charge in [0, 0.05) is 5.57 Å². The van der Waals surface area contributed by atoms with E-state index in [9.17, 15) is 13.2 Å². The second-order valence-corrected chi connectivity index (χ2v) is 4.33. The van der Waals surface area contributed by atoms with Gasteiger partial charge in [-0.2, -0.15) is 22.8 Å². The lowest BCUT2D eigenvalue weighted by atomic mass is 10.1. The Bertz CT molecular complexity index is 756. The molecule has 2 aromatic rings. The van der Waals surface area contributed by atoms with Gasteiger partial charge in [0.05, 0.1) is 5.69 Å². The molecule has 0 aliphatic rings. The summed E-state index contributed by atoms with van der Waals surface area (Å²) in [5.74, 6) is -1.72. The maximum Gasteiger partial charge on any atom is 0.453 e. The summed E-state index contributed by atoms with van der Waals surface area (Å²) in [4.78, 5) is 3.17. The van der Waals surface area contributed by atoms with Crippen molar-refractivity contribution in [3.63, 3.8) is 0 Å². The van der Waals surface area contributed by atoms with Crippen LogP contribution < -0.4 is 5.73 Å². The van der Waals surface area contributed by atoms with E-state index < -0.39 is 17.9 Å². The normalized spacial score (nSPS) is 12.8. The maximum absolute atomic E-state index is 12.6. The van der Waals surface area contributed by atoms with Gasteiger partial charge < -0.3 is 5.73 Å². The Kier molecular flexibility index (Phi) is 4.58. The minimum atomic E-state index is -4.68. The van der Waals surface area contributed by atoms with E-state index in [2.05, 4.69) is 26.9 Å². The molecule has 0 radical (unpaired) electrons. The molecule has 0 spiro atoms. The third kappa shape index (κ3) is 3.62. The van der Waals surface area contributed by atoms with Crippen LogP contribution in [-0.4, -0.2) is 25.0 Å². The fourth-order valence-electron chi connectivity index (χ4n) is 1.66. The largest absolute Gasteiger partial charge is 0.453 e. The van der Waals surface area contributed by atoms with Gasteiger partial charge in [-0.15, -0.1) is 15.3 Å². The van der Waals surface area contributed by atoms with Crippen LogP contribution in [0.25, 0.3) is 11.4 Å². The van der Waals surface area contributed by atoms with Gasteiger partial charge in [0.15, 0.2) is 5.82 Å². The summed E-state index contributed by atoms with van der Waals surface area (Å²) in [7, 11) is 0. The van der Waals surface area contributed by atoms with Crippen LogP contribution >= 0.6 is 0 Å². The van der Waals surface area contributed by atoms with Gasteiger partial charge in [-0.1, -0.05) is 30.9 Å². The first-order valence-corrected chi connectivity index (χ1v) is 6.46. The van der Waals surface area contributed by atoms with Crippen LogP contribution in [-0.2, 0) is 6.18 Å². The highest BCUT2D eigenvalue weighted by atomic mass is 19.4. The number of rotatable bonds is 4. The summed E-state index contributed by atoms with van der Waals surface area (Å²) in [5.41, 5.74) is 6.67. The van der Waals surface area contributed by atoms with E-state index >= 15 is 0 Å². The number of halogens is 3. The fraction of sp³-hybridized carbons (Fsp3) is 0.143. The Balaban J connectivity index is 2.37. The van der Waals surface area contributed by atoms with Gasteiger partial charge in [0.2, 0.25) is 5.95 Å². The lowest BCUT2D eigenvalue weighted by molar-refractivity contribution is -0.144. The number of nitrogens with two attached hydrogens (primary N) is 1. The van der Waals surface area contributed by atoms with Crippen LogP contribution in [0.5, 0.6) is 0 Å². The molecule has 0 saturated heterocycles. The Labute approximate surface area is 129 Å². The topological polar surface area (TPSA) is 82.5 Å². The zero-order chi connectivity index (χ0) is 17.0. The van der Waals surface area contributed by atoms with Crippen molar-refractivity contribution in [2.24, 2.45) is 0 Å². The van der Waals surface area contributed by atoms with Gasteiger partial charge in [0.1, 0.15) is 0 Å². The molecule has 0 fully saturated rings.